The number of H-pyrrole nitrogens is 1. The lowest BCUT2D eigenvalue weighted by Gasteiger charge is -2.19. The van der Waals surface area contributed by atoms with Crippen molar-refractivity contribution >= 4 is 5.97 Å². The number of nitrogens with two attached hydrogens (primary N) is 1. The van der Waals surface area contributed by atoms with Crippen LogP contribution in [0.1, 0.15) is 12.5 Å². The van der Waals surface area contributed by atoms with Gasteiger partial charge in [-0.05, 0) is 6.42 Å². The smallest absolute Gasteiger partial charge is 0.328 e. The first-order valence-electron chi connectivity index (χ1n) is 5.99. The maximum atomic E-state index is 11.7. The summed E-state index contributed by atoms with van der Waals surface area (Å²) < 4.78 is 1.06. The molecule has 2 rings (SSSR count). The van der Waals surface area contributed by atoms with E-state index in [0.29, 0.717) is 0 Å². The lowest BCUT2D eigenvalue weighted by atomic mass is 9.96. The number of carboxylic acids is 1. The van der Waals surface area contributed by atoms with Crippen molar-refractivity contribution in [2.24, 2.45) is 11.7 Å². The Morgan fingerprint density at radius 1 is 1.40 bits per heavy atom. The molecule has 0 unspecified atom stereocenters. The maximum Gasteiger partial charge on any atom is 0.328 e. The number of aromatic amines is 1. The minimum Gasteiger partial charge on any atom is -0.480 e. The van der Waals surface area contributed by atoms with Crippen molar-refractivity contribution < 1.29 is 20.1 Å². The molecule has 9 nitrogen and oxygen atoms in total. The van der Waals surface area contributed by atoms with Crippen LogP contribution in [-0.2, 0) is 4.79 Å². The molecule has 1 fully saturated rings. The van der Waals surface area contributed by atoms with Crippen LogP contribution in [0, 0.1) is 5.92 Å². The van der Waals surface area contributed by atoms with Crippen LogP contribution in [0.2, 0.25) is 0 Å². The van der Waals surface area contributed by atoms with Gasteiger partial charge >= 0.3 is 11.7 Å². The van der Waals surface area contributed by atoms with E-state index >= 15 is 0 Å². The summed E-state index contributed by atoms with van der Waals surface area (Å²) in [5.74, 6) is -2.18. The molecule has 0 radical (unpaired) electrons. The number of aliphatic hydroxyl groups excluding tert-OH is 2. The Hall–Kier alpha value is -1.97. The van der Waals surface area contributed by atoms with Gasteiger partial charge in [-0.2, -0.15) is 0 Å². The molecule has 0 aliphatic heterocycles. The summed E-state index contributed by atoms with van der Waals surface area (Å²) in [7, 11) is 0. The third kappa shape index (κ3) is 2.38. The van der Waals surface area contributed by atoms with Crippen LogP contribution in [0.5, 0.6) is 0 Å². The minimum atomic E-state index is -1.36. The number of carbonyl (C=O) groups is 1. The van der Waals surface area contributed by atoms with E-state index in [1.165, 1.54) is 6.20 Å². The van der Waals surface area contributed by atoms with Crippen molar-refractivity contribution in [1.29, 1.82) is 0 Å². The molecule has 1 aromatic heterocycles. The molecule has 1 aromatic rings. The number of hydrogen-bond donors (Lipinski definition) is 5. The topological polar surface area (TPSA) is 159 Å². The van der Waals surface area contributed by atoms with Gasteiger partial charge in [0.15, 0.2) is 0 Å². The van der Waals surface area contributed by atoms with E-state index in [9.17, 15) is 24.6 Å². The fourth-order valence-electron chi connectivity index (χ4n) is 2.55. The molecule has 1 aliphatic carbocycles. The number of aliphatic hydroxyl groups is 2. The molecule has 1 heterocycles. The first-order valence-corrected chi connectivity index (χ1v) is 5.99. The van der Waals surface area contributed by atoms with Gasteiger partial charge in [0.05, 0.1) is 12.1 Å². The second-order valence-electron chi connectivity index (χ2n) is 4.83. The van der Waals surface area contributed by atoms with E-state index < -0.39 is 47.4 Å². The lowest BCUT2D eigenvalue weighted by molar-refractivity contribution is -0.141. The molecule has 0 spiro atoms. The van der Waals surface area contributed by atoms with E-state index in [1.807, 2.05) is 4.98 Å². The average Bonchev–Trinajstić information content (AvgIpc) is 2.66. The van der Waals surface area contributed by atoms with E-state index in [1.54, 1.807) is 0 Å². The molecule has 1 aliphatic rings. The molecule has 110 valence electrons. The maximum absolute atomic E-state index is 11.7. The summed E-state index contributed by atoms with van der Waals surface area (Å²) in [4.78, 5) is 35.5. The van der Waals surface area contributed by atoms with Gasteiger partial charge in [-0.3, -0.25) is 19.1 Å². The van der Waals surface area contributed by atoms with Crippen LogP contribution in [0.25, 0.3) is 0 Å². The highest BCUT2D eigenvalue weighted by atomic mass is 16.4. The molecule has 1 saturated carbocycles. The van der Waals surface area contributed by atoms with Gasteiger partial charge in [-0.25, -0.2) is 4.79 Å². The highest BCUT2D eigenvalue weighted by molar-refractivity contribution is 5.73. The number of nitrogens with zero attached hydrogens (tertiary/aromatic N) is 1. The first kappa shape index (κ1) is 14.4. The van der Waals surface area contributed by atoms with Gasteiger partial charge in [-0.15, -0.1) is 0 Å². The normalized spacial score (nSPS) is 31.1. The summed E-state index contributed by atoms with van der Waals surface area (Å²) in [5, 5.41) is 28.7. The van der Waals surface area contributed by atoms with Gasteiger partial charge < -0.3 is 21.1 Å². The Labute approximate surface area is 112 Å². The Bertz CT molecular complexity index is 623. The molecule has 20 heavy (non-hydrogen) atoms. The van der Waals surface area contributed by atoms with Crippen molar-refractivity contribution in [3.8, 4) is 0 Å². The standard InChI is InChI=1S/C11H15N3O6/c12-7(10(18)19)4-3-5(9(17)8(4)16)14-2-1-6(15)13-11(14)20/h1-2,4-5,7-9,16-17H,3,12H2,(H,18,19)(H,13,15,20)/t4-,5-,7+,8-,9+/m0/s1. The van der Waals surface area contributed by atoms with Gasteiger partial charge in [0.1, 0.15) is 12.1 Å². The number of aliphatic carboxylic acids is 1. The van der Waals surface area contributed by atoms with E-state index in [0.717, 1.165) is 10.6 Å². The van der Waals surface area contributed by atoms with Gasteiger partial charge in [0.25, 0.3) is 5.56 Å². The predicted molar refractivity (Wildman–Crippen MR) is 66.1 cm³/mol. The lowest BCUT2D eigenvalue weighted by Crippen LogP contribution is -2.43. The summed E-state index contributed by atoms with van der Waals surface area (Å²) in [6.07, 6.45) is -1.49. The monoisotopic (exact) mass is 285 g/mol. The molecule has 5 atom stereocenters. The van der Waals surface area contributed by atoms with Crippen LogP contribution in [-0.4, -0.2) is 49.1 Å². The van der Waals surface area contributed by atoms with Crippen molar-refractivity contribution in [1.82, 2.24) is 9.55 Å². The fraction of sp³-hybridized carbons (Fsp3) is 0.545. The number of aromatic nitrogens is 2. The van der Waals surface area contributed by atoms with Crippen LogP contribution in [0.3, 0.4) is 0 Å². The van der Waals surface area contributed by atoms with Crippen LogP contribution < -0.4 is 17.0 Å². The number of carboxylic acid groups (broad SMARTS) is 1. The second-order valence-corrected chi connectivity index (χ2v) is 4.83. The Morgan fingerprint density at radius 3 is 2.60 bits per heavy atom. The molecule has 0 aromatic carbocycles. The van der Waals surface area contributed by atoms with E-state index in [-0.39, 0.29) is 6.42 Å². The molecule has 6 N–H and O–H groups in total. The Balaban J connectivity index is 2.33. The van der Waals surface area contributed by atoms with Crippen molar-refractivity contribution in [2.75, 3.05) is 0 Å². The van der Waals surface area contributed by atoms with E-state index in [4.69, 9.17) is 10.8 Å². The number of nitrogens with one attached hydrogen (secondary N) is 1. The van der Waals surface area contributed by atoms with Crippen molar-refractivity contribution in [3.05, 3.63) is 33.1 Å². The average molecular weight is 285 g/mol. The van der Waals surface area contributed by atoms with Gasteiger partial charge in [0.2, 0.25) is 0 Å². The molecular formula is C11H15N3O6. The number of rotatable bonds is 3. The molecular weight excluding hydrogens is 270 g/mol. The molecule has 0 bridgehead atoms. The quantitative estimate of drug-likeness (QED) is 0.402. The van der Waals surface area contributed by atoms with Crippen molar-refractivity contribution in [3.63, 3.8) is 0 Å². The molecule has 9 heteroatoms. The van der Waals surface area contributed by atoms with Crippen LogP contribution in [0.4, 0.5) is 0 Å². The third-order valence-corrected chi connectivity index (χ3v) is 3.65. The van der Waals surface area contributed by atoms with Gasteiger partial charge in [-0.1, -0.05) is 0 Å². The zero-order valence-electron chi connectivity index (χ0n) is 10.3. The first-order chi connectivity index (χ1) is 9.32. The van der Waals surface area contributed by atoms with Gasteiger partial charge in [0, 0.05) is 18.2 Å². The Morgan fingerprint density at radius 2 is 2.05 bits per heavy atom. The summed E-state index contributed by atoms with van der Waals surface area (Å²) >= 11 is 0. The predicted octanol–water partition coefficient (Wildman–Crippen LogP) is -2.77. The summed E-state index contributed by atoms with van der Waals surface area (Å²) in [6.45, 7) is 0. The van der Waals surface area contributed by atoms with Crippen LogP contribution in [0.15, 0.2) is 21.9 Å². The largest absolute Gasteiger partial charge is 0.480 e. The van der Waals surface area contributed by atoms with Crippen LogP contribution >= 0.6 is 0 Å². The zero-order chi connectivity index (χ0) is 15.0. The Kier molecular flexibility index (Phi) is 3.75. The minimum absolute atomic E-state index is 0.0156. The van der Waals surface area contributed by atoms with Crippen molar-refractivity contribution in [2.45, 2.75) is 30.7 Å². The second kappa shape index (κ2) is 5.19. The molecule has 0 saturated heterocycles. The highest BCUT2D eigenvalue weighted by Gasteiger charge is 2.46. The third-order valence-electron chi connectivity index (χ3n) is 3.65. The zero-order valence-corrected chi connectivity index (χ0v) is 10.3. The molecule has 0 amide bonds. The SMILES string of the molecule is N[C@@H](C(=O)O)[C@@H]1C[C@H](n2ccc(=O)[nH]c2=O)[C@@H](O)[C@H]1O. The van der Waals surface area contributed by atoms with E-state index in [2.05, 4.69) is 0 Å². The number of hydrogen-bond acceptors (Lipinski definition) is 6. The fourth-order valence-corrected chi connectivity index (χ4v) is 2.55. The highest BCUT2D eigenvalue weighted by Crippen LogP contribution is 2.35. The summed E-state index contributed by atoms with van der Waals surface area (Å²) in [6, 6.07) is -1.09. The summed E-state index contributed by atoms with van der Waals surface area (Å²) in [5.41, 5.74) is 4.14.